The molecule has 0 spiro atoms. The van der Waals surface area contributed by atoms with E-state index in [2.05, 4.69) is 27.8 Å². The number of anilines is 2. The molecule has 0 unspecified atom stereocenters. The first-order valence-corrected chi connectivity index (χ1v) is 12.5. The second kappa shape index (κ2) is 11.2. The zero-order chi connectivity index (χ0) is 26.5. The van der Waals surface area contributed by atoms with Crippen molar-refractivity contribution in [2.75, 3.05) is 18.4 Å². The number of fused-ring (bicyclic) bond motifs is 1. The van der Waals surface area contributed by atoms with Gasteiger partial charge in [-0.05, 0) is 72.1 Å². The van der Waals surface area contributed by atoms with Gasteiger partial charge in [-0.25, -0.2) is 0 Å². The number of aromatic nitrogens is 1. The molecule has 1 atom stereocenters. The van der Waals surface area contributed by atoms with Crippen LogP contribution in [0.4, 0.5) is 11.4 Å². The monoisotopic (exact) mass is 507 g/mol. The van der Waals surface area contributed by atoms with E-state index in [4.69, 9.17) is 0 Å². The van der Waals surface area contributed by atoms with Crippen LogP contribution in [0.1, 0.15) is 17.2 Å². The summed E-state index contributed by atoms with van der Waals surface area (Å²) in [6, 6.07) is 29.6. The molecule has 0 aliphatic carbocycles. The van der Waals surface area contributed by atoms with Gasteiger partial charge in [0.25, 0.3) is 0 Å². The molecule has 0 fully saturated rings. The highest BCUT2D eigenvalue weighted by atomic mass is 16.3. The van der Waals surface area contributed by atoms with Crippen LogP contribution in [-0.4, -0.2) is 33.4 Å². The number of phenols is 2. The largest absolute Gasteiger partial charge is 0.507 e. The number of hydrogen-bond donors (Lipinski definition) is 6. The van der Waals surface area contributed by atoms with Crippen molar-refractivity contribution in [3.8, 4) is 22.6 Å². The molecule has 4 aromatic carbocycles. The highest BCUT2D eigenvalue weighted by Gasteiger charge is 2.13. The summed E-state index contributed by atoms with van der Waals surface area (Å²) in [5, 5.41) is 38.2. The lowest BCUT2D eigenvalue weighted by Gasteiger charge is -2.15. The first kappa shape index (κ1) is 25.1. The van der Waals surface area contributed by atoms with Crippen molar-refractivity contribution in [2.45, 2.75) is 12.5 Å². The van der Waals surface area contributed by atoms with Crippen LogP contribution in [0, 0.1) is 0 Å². The van der Waals surface area contributed by atoms with Crippen molar-refractivity contribution in [2.24, 2.45) is 0 Å². The third-order valence-corrected chi connectivity index (χ3v) is 6.51. The summed E-state index contributed by atoms with van der Waals surface area (Å²) in [4.78, 5) is 14.2. The Bertz CT molecular complexity index is 1610. The van der Waals surface area contributed by atoms with Crippen LogP contribution < -0.4 is 16.2 Å². The van der Waals surface area contributed by atoms with Gasteiger partial charge in [-0.2, -0.15) is 0 Å². The zero-order valence-electron chi connectivity index (χ0n) is 20.7. The average molecular weight is 508 g/mol. The van der Waals surface area contributed by atoms with Crippen molar-refractivity contribution >= 4 is 22.3 Å². The molecule has 38 heavy (non-hydrogen) atoms. The fraction of sp³-hybridized carbons (Fsp3) is 0.129. The Morgan fingerprint density at radius 3 is 2.42 bits per heavy atom. The number of benzene rings is 4. The number of para-hydroxylation sites is 1. The Labute approximate surface area is 220 Å². The van der Waals surface area contributed by atoms with Crippen LogP contribution in [0.25, 0.3) is 22.0 Å². The zero-order valence-corrected chi connectivity index (χ0v) is 20.7. The molecular formula is C31H29N3O4. The Hall–Kier alpha value is -4.59. The standard InChI is InChI=1S/C31H29N3O4/c35-27-7-2-1-6-24(27)21-4-3-5-23(18-21)33-22-10-8-20(9-11-22)16-17-32-19-29(37)25-12-14-28(36)31-26(25)13-15-30(38)34-31/h1-15,18,29,32-33,35-37H,16-17,19H2,(H,34,38)/t29-/m0/s1. The summed E-state index contributed by atoms with van der Waals surface area (Å²) in [5.41, 5.74) is 5.44. The van der Waals surface area contributed by atoms with Crippen molar-refractivity contribution in [3.05, 3.63) is 119 Å². The van der Waals surface area contributed by atoms with Crippen molar-refractivity contribution in [1.29, 1.82) is 0 Å². The van der Waals surface area contributed by atoms with Gasteiger partial charge in [0.1, 0.15) is 11.5 Å². The minimum atomic E-state index is -0.788. The topological polar surface area (TPSA) is 118 Å². The molecule has 0 saturated heterocycles. The molecule has 0 radical (unpaired) electrons. The highest BCUT2D eigenvalue weighted by Crippen LogP contribution is 2.31. The Balaban J connectivity index is 1.15. The quantitative estimate of drug-likeness (QED) is 0.152. The van der Waals surface area contributed by atoms with Crippen molar-refractivity contribution in [3.63, 3.8) is 0 Å². The van der Waals surface area contributed by atoms with Crippen LogP contribution in [-0.2, 0) is 6.42 Å². The summed E-state index contributed by atoms with van der Waals surface area (Å²) in [7, 11) is 0. The molecule has 0 aliphatic rings. The van der Waals surface area contributed by atoms with Gasteiger partial charge in [0, 0.05) is 34.9 Å². The molecule has 1 heterocycles. The van der Waals surface area contributed by atoms with Gasteiger partial charge in [-0.3, -0.25) is 4.79 Å². The molecule has 5 aromatic rings. The van der Waals surface area contributed by atoms with E-state index in [1.165, 1.54) is 12.1 Å². The molecule has 1 aromatic heterocycles. The molecular weight excluding hydrogens is 478 g/mol. The van der Waals surface area contributed by atoms with Gasteiger partial charge >= 0.3 is 0 Å². The molecule has 7 nitrogen and oxygen atoms in total. The Kier molecular flexibility index (Phi) is 7.40. The normalized spacial score (nSPS) is 11.9. The first-order chi connectivity index (χ1) is 18.5. The van der Waals surface area contributed by atoms with E-state index in [-0.39, 0.29) is 17.1 Å². The van der Waals surface area contributed by atoms with E-state index >= 15 is 0 Å². The molecule has 0 bridgehead atoms. The second-order valence-electron chi connectivity index (χ2n) is 9.17. The van der Waals surface area contributed by atoms with E-state index < -0.39 is 6.10 Å². The predicted molar refractivity (Wildman–Crippen MR) is 151 cm³/mol. The number of aliphatic hydroxyl groups excluding tert-OH is 1. The fourth-order valence-corrected chi connectivity index (χ4v) is 4.53. The lowest BCUT2D eigenvalue weighted by molar-refractivity contribution is 0.176. The number of aromatic amines is 1. The summed E-state index contributed by atoms with van der Waals surface area (Å²) >= 11 is 0. The smallest absolute Gasteiger partial charge is 0.248 e. The van der Waals surface area contributed by atoms with Gasteiger partial charge in [-0.15, -0.1) is 0 Å². The van der Waals surface area contributed by atoms with Crippen LogP contribution in [0.5, 0.6) is 11.5 Å². The van der Waals surface area contributed by atoms with Gasteiger partial charge in [0.15, 0.2) is 0 Å². The van der Waals surface area contributed by atoms with Crippen LogP contribution in [0.15, 0.2) is 102 Å². The molecule has 0 aliphatic heterocycles. The summed E-state index contributed by atoms with van der Waals surface area (Å²) in [6.45, 7) is 1.02. The maximum atomic E-state index is 11.6. The van der Waals surface area contributed by atoms with E-state index in [1.807, 2.05) is 54.6 Å². The van der Waals surface area contributed by atoms with Gasteiger partial charge in [0.2, 0.25) is 5.56 Å². The maximum absolute atomic E-state index is 11.6. The summed E-state index contributed by atoms with van der Waals surface area (Å²) in [5.74, 6) is 0.227. The number of aromatic hydroxyl groups is 2. The lowest BCUT2D eigenvalue weighted by atomic mass is 10.0. The van der Waals surface area contributed by atoms with E-state index in [1.54, 1.807) is 18.2 Å². The predicted octanol–water partition coefficient (Wildman–Crippen LogP) is 5.22. The van der Waals surface area contributed by atoms with Crippen molar-refractivity contribution < 1.29 is 15.3 Å². The van der Waals surface area contributed by atoms with E-state index in [0.717, 1.165) is 34.5 Å². The summed E-state index contributed by atoms with van der Waals surface area (Å²) in [6.07, 6.45) is 0.00325. The van der Waals surface area contributed by atoms with E-state index in [0.29, 0.717) is 29.6 Å². The highest BCUT2D eigenvalue weighted by molar-refractivity contribution is 5.87. The third kappa shape index (κ3) is 5.70. The molecule has 6 N–H and O–H groups in total. The third-order valence-electron chi connectivity index (χ3n) is 6.51. The Morgan fingerprint density at radius 1 is 0.789 bits per heavy atom. The van der Waals surface area contributed by atoms with Gasteiger partial charge in [-0.1, -0.05) is 48.5 Å². The maximum Gasteiger partial charge on any atom is 0.248 e. The number of phenolic OH excluding ortho intramolecular Hbond substituents is 2. The number of hydrogen-bond acceptors (Lipinski definition) is 6. The SMILES string of the molecule is O=c1ccc2c([C@@H](O)CNCCc3ccc(Nc4cccc(-c5ccccc5O)c4)cc3)ccc(O)c2[nH]1. The molecule has 7 heteroatoms. The number of pyridine rings is 1. The molecule has 192 valence electrons. The van der Waals surface area contributed by atoms with Crippen molar-refractivity contribution in [1.82, 2.24) is 10.3 Å². The van der Waals surface area contributed by atoms with Crippen LogP contribution in [0.3, 0.4) is 0 Å². The van der Waals surface area contributed by atoms with Gasteiger partial charge < -0.3 is 30.9 Å². The molecule has 0 amide bonds. The first-order valence-electron chi connectivity index (χ1n) is 12.5. The fourth-order valence-electron chi connectivity index (χ4n) is 4.53. The second-order valence-corrected chi connectivity index (χ2v) is 9.17. The number of rotatable bonds is 9. The van der Waals surface area contributed by atoms with Gasteiger partial charge in [0.05, 0.1) is 11.6 Å². The van der Waals surface area contributed by atoms with E-state index in [9.17, 15) is 20.1 Å². The minimum Gasteiger partial charge on any atom is -0.507 e. The van der Waals surface area contributed by atoms with Crippen LogP contribution in [0.2, 0.25) is 0 Å². The number of H-pyrrole nitrogens is 1. The number of aliphatic hydroxyl groups is 1. The molecule has 5 rings (SSSR count). The minimum absolute atomic E-state index is 0.0252. The summed E-state index contributed by atoms with van der Waals surface area (Å²) < 4.78 is 0. The Morgan fingerprint density at radius 2 is 1.61 bits per heavy atom. The molecule has 0 saturated carbocycles. The number of nitrogens with one attached hydrogen (secondary N) is 3. The lowest BCUT2D eigenvalue weighted by Crippen LogP contribution is -2.24. The average Bonchev–Trinajstić information content (AvgIpc) is 2.93. The van der Waals surface area contributed by atoms with Crippen LogP contribution >= 0.6 is 0 Å².